The monoisotopic (exact) mass is 488 g/mol. The summed E-state index contributed by atoms with van der Waals surface area (Å²) >= 11 is 12.7. The molecule has 0 aliphatic rings. The van der Waals surface area contributed by atoms with Gasteiger partial charge in [0, 0.05) is 5.56 Å². The molecule has 5 rings (SSSR count). The summed E-state index contributed by atoms with van der Waals surface area (Å²) in [4.78, 5) is 4.55. The van der Waals surface area contributed by atoms with Gasteiger partial charge >= 0.3 is 0 Å². The van der Waals surface area contributed by atoms with Crippen molar-refractivity contribution in [3.63, 3.8) is 0 Å². The number of aromatic hydroxyl groups is 1. The lowest BCUT2D eigenvalue weighted by molar-refractivity contribution is 0.431. The van der Waals surface area contributed by atoms with Crippen LogP contribution in [0, 0.1) is 0 Å². The van der Waals surface area contributed by atoms with E-state index in [1.807, 2.05) is 36.4 Å². The molecule has 0 aliphatic carbocycles. The van der Waals surface area contributed by atoms with Gasteiger partial charge in [-0.15, -0.1) is 0 Å². The lowest BCUT2D eigenvalue weighted by atomic mass is 9.83. The number of hydrogen-bond acceptors (Lipinski definition) is 4. The van der Waals surface area contributed by atoms with Crippen molar-refractivity contribution in [2.75, 3.05) is 0 Å². The average Bonchev–Trinajstić information content (AvgIpc) is 3.27. The van der Waals surface area contributed by atoms with Gasteiger partial charge < -0.3 is 9.63 Å². The van der Waals surface area contributed by atoms with E-state index in [1.54, 1.807) is 18.2 Å². The van der Waals surface area contributed by atoms with Crippen molar-refractivity contribution in [1.82, 2.24) is 10.1 Å². The van der Waals surface area contributed by atoms with Crippen LogP contribution >= 0.6 is 23.2 Å². The van der Waals surface area contributed by atoms with Crippen LogP contribution in [0.1, 0.15) is 26.3 Å². The van der Waals surface area contributed by atoms with Gasteiger partial charge in [-0.25, -0.2) is 0 Å². The maximum atomic E-state index is 11.5. The third-order valence-corrected chi connectivity index (χ3v) is 6.53. The molecular weight excluding hydrogens is 467 g/mol. The van der Waals surface area contributed by atoms with Crippen molar-refractivity contribution >= 4 is 34.0 Å². The molecule has 0 unspecified atom stereocenters. The first-order valence-corrected chi connectivity index (χ1v) is 11.6. The summed E-state index contributed by atoms with van der Waals surface area (Å²) in [6, 6.07) is 23.3. The highest BCUT2D eigenvalue weighted by Crippen LogP contribution is 2.44. The first-order valence-electron chi connectivity index (χ1n) is 10.9. The number of phenolic OH excluding ortho intramolecular Hbond substituents is 1. The third-order valence-electron chi connectivity index (χ3n) is 5.90. The molecule has 6 heteroatoms. The van der Waals surface area contributed by atoms with E-state index >= 15 is 0 Å². The van der Waals surface area contributed by atoms with Crippen LogP contribution in [-0.2, 0) is 5.41 Å². The summed E-state index contributed by atoms with van der Waals surface area (Å²) in [5.41, 5.74) is 3.44. The minimum atomic E-state index is -0.180. The van der Waals surface area contributed by atoms with Gasteiger partial charge in [0.2, 0.25) is 5.82 Å². The van der Waals surface area contributed by atoms with E-state index in [0.29, 0.717) is 26.7 Å². The first-order chi connectivity index (χ1) is 16.2. The second-order valence-corrected chi connectivity index (χ2v) is 10.0. The molecule has 1 N–H and O–H groups in total. The van der Waals surface area contributed by atoms with Crippen molar-refractivity contribution in [2.45, 2.75) is 26.2 Å². The Morgan fingerprint density at radius 2 is 1.44 bits per heavy atom. The fourth-order valence-corrected chi connectivity index (χ4v) is 4.60. The number of phenols is 1. The van der Waals surface area contributed by atoms with E-state index < -0.39 is 0 Å². The number of rotatable bonds is 3. The van der Waals surface area contributed by atoms with Gasteiger partial charge in [-0.1, -0.05) is 97.7 Å². The van der Waals surface area contributed by atoms with Crippen LogP contribution in [0.3, 0.4) is 0 Å². The van der Waals surface area contributed by atoms with Crippen molar-refractivity contribution in [3.8, 4) is 39.7 Å². The summed E-state index contributed by atoms with van der Waals surface area (Å²) in [7, 11) is 0. The maximum absolute atomic E-state index is 11.5. The molecule has 1 aromatic heterocycles. The van der Waals surface area contributed by atoms with Crippen LogP contribution in [0.4, 0.5) is 0 Å². The third kappa shape index (κ3) is 3.93. The molecule has 4 aromatic carbocycles. The predicted molar refractivity (Wildman–Crippen MR) is 138 cm³/mol. The predicted octanol–water partition coefficient (Wildman–Crippen LogP) is 8.53. The molecule has 0 spiro atoms. The van der Waals surface area contributed by atoms with Gasteiger partial charge in [0.05, 0.1) is 21.2 Å². The molecule has 0 radical (unpaired) electrons. The summed E-state index contributed by atoms with van der Waals surface area (Å²) < 4.78 is 5.52. The minimum absolute atomic E-state index is 0.0851. The summed E-state index contributed by atoms with van der Waals surface area (Å²) in [5, 5.41) is 18.6. The Bertz CT molecular complexity index is 1510. The summed E-state index contributed by atoms with van der Waals surface area (Å²) in [6.45, 7) is 6.38. The number of nitrogens with zero attached hydrogens (tertiary/aromatic N) is 2. The molecule has 1 heterocycles. The van der Waals surface area contributed by atoms with Crippen molar-refractivity contribution in [1.29, 1.82) is 0 Å². The maximum Gasteiger partial charge on any atom is 0.261 e. The number of fused-ring (bicyclic) bond motifs is 1. The Morgan fingerprint density at radius 3 is 2.18 bits per heavy atom. The highest BCUT2D eigenvalue weighted by Gasteiger charge is 2.24. The zero-order chi connectivity index (χ0) is 24.0. The van der Waals surface area contributed by atoms with E-state index in [1.165, 1.54) is 0 Å². The molecule has 0 aliphatic heterocycles. The van der Waals surface area contributed by atoms with Gasteiger partial charge in [-0.05, 0) is 51.6 Å². The van der Waals surface area contributed by atoms with Crippen LogP contribution in [0.25, 0.3) is 44.7 Å². The van der Waals surface area contributed by atoms with Crippen LogP contribution in [0.2, 0.25) is 10.0 Å². The highest BCUT2D eigenvalue weighted by molar-refractivity contribution is 6.38. The van der Waals surface area contributed by atoms with Crippen LogP contribution in [0.15, 0.2) is 77.3 Å². The lowest BCUT2D eigenvalue weighted by Crippen LogP contribution is -2.11. The molecule has 0 bridgehead atoms. The molecule has 0 saturated heterocycles. The van der Waals surface area contributed by atoms with Crippen molar-refractivity contribution in [3.05, 3.63) is 88.4 Å². The molecule has 0 atom stereocenters. The fraction of sp³-hybridized carbons (Fsp3) is 0.143. The molecule has 4 nitrogen and oxygen atoms in total. The topological polar surface area (TPSA) is 59.2 Å². The van der Waals surface area contributed by atoms with Crippen molar-refractivity contribution in [2.24, 2.45) is 0 Å². The second kappa shape index (κ2) is 8.46. The molecule has 170 valence electrons. The van der Waals surface area contributed by atoms with Gasteiger partial charge in [0.25, 0.3) is 5.89 Å². The number of halogens is 2. The lowest BCUT2D eigenvalue weighted by Gasteiger charge is -2.22. The SMILES string of the molecule is CC(C)(C)c1cc(-c2noc(-c3c(Cl)cccc3Cl)n2)c(O)c(-c2cccc3ccccc23)c1. The number of benzene rings is 4. The summed E-state index contributed by atoms with van der Waals surface area (Å²) in [6.07, 6.45) is 0. The van der Waals surface area contributed by atoms with E-state index in [9.17, 15) is 5.11 Å². The Hall–Kier alpha value is -3.34. The largest absolute Gasteiger partial charge is 0.507 e. The fourth-order valence-electron chi connectivity index (χ4n) is 4.04. The van der Waals surface area contributed by atoms with Crippen LogP contribution in [0.5, 0.6) is 5.75 Å². The first kappa shape index (κ1) is 22.5. The van der Waals surface area contributed by atoms with E-state index in [0.717, 1.165) is 21.9 Å². The minimum Gasteiger partial charge on any atom is -0.507 e. The molecular formula is C28H22Cl2N2O2. The second-order valence-electron chi connectivity index (χ2n) is 9.22. The average molecular weight is 489 g/mol. The van der Waals surface area contributed by atoms with Crippen LogP contribution < -0.4 is 0 Å². The van der Waals surface area contributed by atoms with Crippen molar-refractivity contribution < 1.29 is 9.63 Å². The van der Waals surface area contributed by atoms with Gasteiger partial charge in [-0.3, -0.25) is 0 Å². The number of aromatic nitrogens is 2. The molecule has 34 heavy (non-hydrogen) atoms. The quantitative estimate of drug-likeness (QED) is 0.276. The molecule has 5 aromatic rings. The zero-order valence-electron chi connectivity index (χ0n) is 18.9. The standard InChI is InChI=1S/C28H22Cl2N2O2/c1-28(2,3)17-14-20(19-11-6-9-16-8-4-5-10-18(16)19)25(33)21(15-17)26-31-27(34-32-26)24-22(29)12-7-13-23(24)30/h4-15,33H,1-3H3. The highest BCUT2D eigenvalue weighted by atomic mass is 35.5. The molecule has 0 amide bonds. The smallest absolute Gasteiger partial charge is 0.261 e. The van der Waals surface area contributed by atoms with Crippen LogP contribution in [-0.4, -0.2) is 15.2 Å². The van der Waals surface area contributed by atoms with E-state index in [2.05, 4.69) is 49.1 Å². The van der Waals surface area contributed by atoms with Gasteiger partial charge in [0.15, 0.2) is 0 Å². The molecule has 0 saturated carbocycles. The molecule has 0 fully saturated rings. The summed E-state index contributed by atoms with van der Waals surface area (Å²) in [5.74, 6) is 0.538. The van der Waals surface area contributed by atoms with Gasteiger partial charge in [0.1, 0.15) is 5.75 Å². The van der Waals surface area contributed by atoms with E-state index in [4.69, 9.17) is 27.7 Å². The Balaban J connectivity index is 1.74. The number of hydrogen-bond donors (Lipinski definition) is 1. The Morgan fingerprint density at radius 1 is 0.794 bits per heavy atom. The van der Waals surface area contributed by atoms with E-state index in [-0.39, 0.29) is 22.9 Å². The Kier molecular flexibility index (Phi) is 5.59. The zero-order valence-corrected chi connectivity index (χ0v) is 20.4. The Labute approximate surface area is 207 Å². The normalized spacial score (nSPS) is 11.8. The van der Waals surface area contributed by atoms with Gasteiger partial charge in [-0.2, -0.15) is 4.98 Å².